The lowest BCUT2D eigenvalue weighted by Crippen LogP contribution is -2.21. The Hall–Kier alpha value is -2.44. The van der Waals surface area contributed by atoms with Gasteiger partial charge in [0.05, 0.1) is 5.56 Å². The molecule has 1 aliphatic heterocycles. The molecule has 164 valence electrons. The van der Waals surface area contributed by atoms with Gasteiger partial charge in [0.1, 0.15) is 17.0 Å². The van der Waals surface area contributed by atoms with E-state index in [2.05, 4.69) is 14.1 Å². The van der Waals surface area contributed by atoms with Crippen LogP contribution in [0, 0.1) is 5.82 Å². The fourth-order valence-electron chi connectivity index (χ4n) is 3.28. The first-order valence-electron chi connectivity index (χ1n) is 8.77. The molecule has 3 aromatic rings. The molecule has 1 aromatic heterocycles. The lowest BCUT2D eigenvalue weighted by molar-refractivity contribution is -0.137. The zero-order chi connectivity index (χ0) is 22.4. The number of benzene rings is 2. The number of hydrogen-bond donors (Lipinski definition) is 1. The third-order valence-electron chi connectivity index (χ3n) is 4.74. The first-order chi connectivity index (χ1) is 14.5. The highest BCUT2D eigenvalue weighted by Crippen LogP contribution is 2.37. The monoisotopic (exact) mass is 492 g/mol. The zero-order valence-corrected chi connectivity index (χ0v) is 17.8. The molecule has 0 radical (unpaired) electrons. The normalized spacial score (nSPS) is 14.0. The van der Waals surface area contributed by atoms with Crippen molar-refractivity contribution in [1.29, 1.82) is 0 Å². The van der Waals surface area contributed by atoms with Gasteiger partial charge in [0, 0.05) is 35.3 Å². The molecule has 1 N–H and O–H groups in total. The van der Waals surface area contributed by atoms with Crippen LogP contribution in [0.25, 0.3) is 0 Å². The fourth-order valence-corrected chi connectivity index (χ4v) is 5.31. The Morgan fingerprint density at radius 2 is 2.00 bits per heavy atom. The van der Waals surface area contributed by atoms with Crippen LogP contribution in [-0.4, -0.2) is 24.3 Å². The third-order valence-corrected chi connectivity index (χ3v) is 7.15. The number of fused-ring (bicyclic) bond motifs is 1. The maximum Gasteiger partial charge on any atom is 0.416 e. The largest absolute Gasteiger partial charge is 0.416 e. The second-order valence-corrected chi connectivity index (χ2v) is 9.58. The molecule has 0 unspecified atom stereocenters. The lowest BCUT2D eigenvalue weighted by atomic mass is 10.1. The van der Waals surface area contributed by atoms with Crippen molar-refractivity contribution in [2.75, 3.05) is 16.2 Å². The van der Waals surface area contributed by atoms with E-state index in [1.54, 1.807) is 4.90 Å². The van der Waals surface area contributed by atoms with Crippen LogP contribution < -0.4 is 9.62 Å². The van der Waals surface area contributed by atoms with Crippen LogP contribution in [0.3, 0.4) is 0 Å². The molecule has 31 heavy (non-hydrogen) atoms. The molecule has 0 fully saturated rings. The predicted molar refractivity (Wildman–Crippen MR) is 108 cm³/mol. The van der Waals surface area contributed by atoms with Gasteiger partial charge in [-0.25, -0.2) is 17.8 Å². The van der Waals surface area contributed by atoms with E-state index in [4.69, 9.17) is 11.6 Å². The van der Waals surface area contributed by atoms with E-state index >= 15 is 0 Å². The van der Waals surface area contributed by atoms with Crippen LogP contribution >= 0.6 is 23.1 Å². The van der Waals surface area contributed by atoms with Gasteiger partial charge < -0.3 is 4.90 Å². The van der Waals surface area contributed by atoms with Gasteiger partial charge in [0.15, 0.2) is 0 Å². The minimum atomic E-state index is -4.48. The molecule has 6 nitrogen and oxygen atoms in total. The van der Waals surface area contributed by atoms with Crippen molar-refractivity contribution in [3.05, 3.63) is 64.2 Å². The minimum Gasteiger partial charge on any atom is -0.367 e. The average molecular weight is 493 g/mol. The van der Waals surface area contributed by atoms with Crippen LogP contribution in [0.15, 0.2) is 41.6 Å². The molecular weight excluding hydrogens is 480 g/mol. The molecule has 1 aliphatic rings. The van der Waals surface area contributed by atoms with Crippen molar-refractivity contribution in [3.63, 3.8) is 0 Å². The topological polar surface area (TPSA) is 75.2 Å². The first-order valence-corrected chi connectivity index (χ1v) is 11.4. The molecule has 0 atom stereocenters. The molecule has 2 heterocycles. The highest BCUT2D eigenvalue weighted by molar-refractivity contribution is 7.93. The van der Waals surface area contributed by atoms with E-state index in [1.807, 2.05) is 0 Å². The first kappa shape index (κ1) is 21.8. The van der Waals surface area contributed by atoms with Crippen molar-refractivity contribution in [2.45, 2.75) is 24.0 Å². The molecule has 13 heteroatoms. The Morgan fingerprint density at radius 1 is 1.23 bits per heavy atom. The number of rotatable bonds is 5. The molecule has 0 saturated carbocycles. The summed E-state index contributed by atoms with van der Waals surface area (Å²) in [5.41, 5.74) is 0.602. The van der Waals surface area contributed by atoms with E-state index in [0.29, 0.717) is 18.7 Å². The SMILES string of the molecule is O=S(=O)(Nc1ncns1)c1cc(Cl)c(CN2CCc3ccc(C(F)(F)F)cc32)cc1F. The standard InChI is InChI=1S/C18H13ClF4N4O2S2/c19-13-7-16(31(28,29)26-17-24-9-25-30-17)14(20)5-11(13)8-27-4-3-10-1-2-12(6-15(10)27)18(21,22)23/h1-2,5-7,9H,3-4,8H2,(H,24,25,26). The molecule has 2 aromatic carbocycles. The van der Waals surface area contributed by atoms with E-state index in [1.165, 1.54) is 6.07 Å². The summed E-state index contributed by atoms with van der Waals surface area (Å²) < 4.78 is 84.5. The maximum absolute atomic E-state index is 14.7. The molecule has 0 aliphatic carbocycles. The van der Waals surface area contributed by atoms with Crippen molar-refractivity contribution < 1.29 is 26.0 Å². The number of nitrogens with one attached hydrogen (secondary N) is 1. The summed E-state index contributed by atoms with van der Waals surface area (Å²) in [5.74, 6) is -1.04. The fraction of sp³-hybridized carbons (Fsp3) is 0.222. The van der Waals surface area contributed by atoms with Crippen molar-refractivity contribution in [3.8, 4) is 0 Å². The summed E-state index contributed by atoms with van der Waals surface area (Å²) >= 11 is 6.99. The predicted octanol–water partition coefficient (Wildman–Crippen LogP) is 4.71. The van der Waals surface area contributed by atoms with Gasteiger partial charge in [-0.15, -0.1) is 0 Å². The number of halogens is 5. The summed E-state index contributed by atoms with van der Waals surface area (Å²) in [6.07, 6.45) is -2.80. The second kappa shape index (κ2) is 7.92. The third kappa shape index (κ3) is 4.46. The average Bonchev–Trinajstić information content (AvgIpc) is 3.33. The Morgan fingerprint density at radius 3 is 2.68 bits per heavy atom. The Kier molecular flexibility index (Phi) is 5.56. The summed E-state index contributed by atoms with van der Waals surface area (Å²) in [5, 5.41) is -0.0618. The number of aromatic nitrogens is 2. The molecule has 0 amide bonds. The highest BCUT2D eigenvalue weighted by Gasteiger charge is 2.33. The second-order valence-electron chi connectivity index (χ2n) is 6.74. The molecular formula is C18H13ClF4N4O2S2. The Balaban J connectivity index is 1.61. The highest BCUT2D eigenvalue weighted by atomic mass is 35.5. The van der Waals surface area contributed by atoms with Gasteiger partial charge in [0.25, 0.3) is 10.0 Å². The van der Waals surface area contributed by atoms with Crippen LogP contribution in [0.1, 0.15) is 16.7 Å². The van der Waals surface area contributed by atoms with Crippen LogP contribution in [-0.2, 0) is 29.2 Å². The summed E-state index contributed by atoms with van der Waals surface area (Å²) in [6, 6.07) is 5.45. The molecule has 0 bridgehead atoms. The number of alkyl halides is 3. The number of nitrogens with zero attached hydrogens (tertiary/aromatic N) is 3. The van der Waals surface area contributed by atoms with Gasteiger partial charge in [-0.1, -0.05) is 17.7 Å². The van der Waals surface area contributed by atoms with E-state index in [0.717, 1.165) is 47.7 Å². The molecule has 0 spiro atoms. The smallest absolute Gasteiger partial charge is 0.367 e. The Labute approximate surface area is 183 Å². The Bertz CT molecular complexity index is 1230. The summed E-state index contributed by atoms with van der Waals surface area (Å²) in [6.45, 7) is 0.446. The maximum atomic E-state index is 14.7. The number of anilines is 2. The van der Waals surface area contributed by atoms with E-state index < -0.39 is 32.5 Å². The van der Waals surface area contributed by atoms with Crippen molar-refractivity contribution in [1.82, 2.24) is 9.36 Å². The van der Waals surface area contributed by atoms with E-state index in [9.17, 15) is 26.0 Å². The van der Waals surface area contributed by atoms with Crippen LogP contribution in [0.4, 0.5) is 28.4 Å². The van der Waals surface area contributed by atoms with E-state index in [-0.39, 0.29) is 22.3 Å². The van der Waals surface area contributed by atoms with Crippen LogP contribution in [0.5, 0.6) is 0 Å². The van der Waals surface area contributed by atoms with Crippen molar-refractivity contribution in [2.24, 2.45) is 0 Å². The zero-order valence-electron chi connectivity index (χ0n) is 15.4. The van der Waals surface area contributed by atoms with Gasteiger partial charge in [-0.3, -0.25) is 4.72 Å². The quantitative estimate of drug-likeness (QED) is 0.522. The van der Waals surface area contributed by atoms with Crippen molar-refractivity contribution >= 4 is 44.0 Å². The minimum absolute atomic E-state index is 0.0220. The molecule has 0 saturated heterocycles. The van der Waals surface area contributed by atoms with Gasteiger partial charge in [-0.05, 0) is 41.8 Å². The number of hydrogen-bond acceptors (Lipinski definition) is 6. The lowest BCUT2D eigenvalue weighted by Gasteiger charge is -2.21. The van der Waals surface area contributed by atoms with Gasteiger partial charge >= 0.3 is 6.18 Å². The molecule has 4 rings (SSSR count). The van der Waals surface area contributed by atoms with Gasteiger partial charge in [0.2, 0.25) is 5.13 Å². The van der Waals surface area contributed by atoms with Crippen LogP contribution in [0.2, 0.25) is 5.02 Å². The summed E-state index contributed by atoms with van der Waals surface area (Å²) in [4.78, 5) is 4.67. The van der Waals surface area contributed by atoms with Gasteiger partial charge in [-0.2, -0.15) is 17.5 Å². The summed E-state index contributed by atoms with van der Waals surface area (Å²) in [7, 11) is -4.29. The number of sulfonamides is 1.